The largest absolute Gasteiger partial charge is 0.508 e. The molecule has 3 aromatic rings. The molecule has 0 saturated carbocycles. The summed E-state index contributed by atoms with van der Waals surface area (Å²) < 4.78 is 0. The van der Waals surface area contributed by atoms with E-state index in [0.29, 0.717) is 5.02 Å². The van der Waals surface area contributed by atoms with Crippen LogP contribution in [0.15, 0.2) is 54.0 Å². The molecule has 3 rings (SSSR count). The van der Waals surface area contributed by atoms with Crippen LogP contribution in [0, 0.1) is 0 Å². The molecule has 1 atom stereocenters. The zero-order chi connectivity index (χ0) is 14.7. The number of phenolic OH excluding ortho intramolecular Hbond substituents is 1. The number of benzene rings is 2. The van der Waals surface area contributed by atoms with E-state index < -0.39 is 0 Å². The number of nitrogens with one attached hydrogen (secondary N) is 1. The molecule has 0 aliphatic rings. The second kappa shape index (κ2) is 6.11. The Morgan fingerprint density at radius 2 is 1.62 bits per heavy atom. The topological polar surface area (TPSA) is 58.0 Å². The summed E-state index contributed by atoms with van der Waals surface area (Å²) in [5, 5.41) is 22.1. The Morgan fingerprint density at radius 3 is 2.19 bits per heavy atom. The van der Waals surface area contributed by atoms with E-state index in [1.54, 1.807) is 17.6 Å². The molecule has 1 heterocycles. The van der Waals surface area contributed by atoms with Crippen LogP contribution >= 0.6 is 22.9 Å². The minimum absolute atomic E-state index is 0.0872. The van der Waals surface area contributed by atoms with Gasteiger partial charge < -0.3 is 10.4 Å². The highest BCUT2D eigenvalue weighted by Crippen LogP contribution is 2.29. The Hall–Kier alpha value is -2.11. The monoisotopic (exact) mass is 317 g/mol. The first-order valence-corrected chi connectivity index (χ1v) is 7.55. The highest BCUT2D eigenvalue weighted by Gasteiger charge is 2.15. The number of anilines is 1. The summed E-state index contributed by atoms with van der Waals surface area (Å²) in [5.41, 5.74) is 3.75. The van der Waals surface area contributed by atoms with Gasteiger partial charge in [0.2, 0.25) is 5.13 Å². The van der Waals surface area contributed by atoms with Crippen molar-refractivity contribution in [1.82, 2.24) is 10.2 Å². The molecule has 0 spiro atoms. The van der Waals surface area contributed by atoms with Crippen molar-refractivity contribution in [3.8, 4) is 5.75 Å². The number of hydrogen-bond donors (Lipinski definition) is 2. The van der Waals surface area contributed by atoms with Crippen molar-refractivity contribution in [1.29, 1.82) is 0 Å². The third-order valence-corrected chi connectivity index (χ3v) is 3.93. The molecule has 0 saturated heterocycles. The summed E-state index contributed by atoms with van der Waals surface area (Å²) in [7, 11) is 0. The molecule has 1 unspecified atom stereocenters. The minimum Gasteiger partial charge on any atom is -0.508 e. The Morgan fingerprint density at radius 1 is 1.00 bits per heavy atom. The van der Waals surface area contributed by atoms with Crippen LogP contribution in [0.1, 0.15) is 17.2 Å². The lowest BCUT2D eigenvalue weighted by atomic mass is 9.99. The molecule has 0 aliphatic carbocycles. The van der Waals surface area contributed by atoms with Crippen molar-refractivity contribution in [2.45, 2.75) is 6.04 Å². The molecule has 6 heteroatoms. The Bertz CT molecular complexity index is 653. The lowest BCUT2D eigenvalue weighted by Crippen LogP contribution is -2.12. The number of hydrogen-bond acceptors (Lipinski definition) is 5. The van der Waals surface area contributed by atoms with Crippen LogP contribution in [0.5, 0.6) is 5.75 Å². The van der Waals surface area contributed by atoms with Crippen molar-refractivity contribution >= 4 is 28.1 Å². The summed E-state index contributed by atoms with van der Waals surface area (Å²) >= 11 is 7.39. The molecule has 0 amide bonds. The smallest absolute Gasteiger partial charge is 0.206 e. The van der Waals surface area contributed by atoms with E-state index in [1.807, 2.05) is 36.4 Å². The maximum Gasteiger partial charge on any atom is 0.206 e. The number of aromatic hydroxyl groups is 1. The third kappa shape index (κ3) is 3.32. The fourth-order valence-electron chi connectivity index (χ4n) is 2.04. The second-order valence-corrected chi connectivity index (χ2v) is 5.73. The van der Waals surface area contributed by atoms with Crippen LogP contribution in [0.25, 0.3) is 0 Å². The maximum atomic E-state index is 9.44. The van der Waals surface area contributed by atoms with Gasteiger partial charge in [-0.2, -0.15) is 0 Å². The Labute approximate surface area is 131 Å². The number of halogens is 1. The van der Waals surface area contributed by atoms with Gasteiger partial charge >= 0.3 is 0 Å². The van der Waals surface area contributed by atoms with E-state index in [9.17, 15) is 5.11 Å². The van der Waals surface area contributed by atoms with Gasteiger partial charge in [-0.05, 0) is 35.4 Å². The molecule has 1 aromatic heterocycles. The van der Waals surface area contributed by atoms with Gasteiger partial charge in [0.05, 0.1) is 6.04 Å². The highest BCUT2D eigenvalue weighted by molar-refractivity contribution is 7.13. The summed E-state index contributed by atoms with van der Waals surface area (Å²) in [6, 6.07) is 14.6. The molecule has 0 fully saturated rings. The molecule has 21 heavy (non-hydrogen) atoms. The summed E-state index contributed by atoms with van der Waals surface area (Å²) in [4.78, 5) is 0. The average molecular weight is 318 g/mol. The standard InChI is InChI=1S/C15H12ClN3OS/c16-12-5-1-10(2-6-12)14(18-15-19-17-9-21-15)11-3-7-13(20)8-4-11/h1-9,14,20H,(H,18,19). The number of rotatable bonds is 4. The molecular formula is C15H12ClN3OS. The minimum atomic E-state index is -0.0872. The van der Waals surface area contributed by atoms with Crippen molar-refractivity contribution in [2.24, 2.45) is 0 Å². The van der Waals surface area contributed by atoms with Gasteiger partial charge in [0, 0.05) is 5.02 Å². The van der Waals surface area contributed by atoms with Gasteiger partial charge in [0.1, 0.15) is 11.3 Å². The zero-order valence-electron chi connectivity index (χ0n) is 10.9. The van der Waals surface area contributed by atoms with Gasteiger partial charge in [0.25, 0.3) is 0 Å². The molecule has 4 nitrogen and oxygen atoms in total. The lowest BCUT2D eigenvalue weighted by molar-refractivity contribution is 0.475. The van der Waals surface area contributed by atoms with E-state index in [4.69, 9.17) is 11.6 Å². The second-order valence-electron chi connectivity index (χ2n) is 4.46. The fourth-order valence-corrected chi connectivity index (χ4v) is 2.64. The SMILES string of the molecule is Oc1ccc(C(Nc2nncs2)c2ccc(Cl)cc2)cc1. The molecule has 106 valence electrons. The zero-order valence-corrected chi connectivity index (χ0v) is 12.5. The van der Waals surface area contributed by atoms with E-state index >= 15 is 0 Å². The first-order valence-electron chi connectivity index (χ1n) is 6.29. The van der Waals surface area contributed by atoms with Crippen LogP contribution in [0.2, 0.25) is 5.02 Å². The Kier molecular flexibility index (Phi) is 4.03. The van der Waals surface area contributed by atoms with Gasteiger partial charge in [0.15, 0.2) is 0 Å². The van der Waals surface area contributed by atoms with Crippen LogP contribution in [-0.2, 0) is 0 Å². The van der Waals surface area contributed by atoms with Gasteiger partial charge in [-0.25, -0.2) is 0 Å². The van der Waals surface area contributed by atoms with E-state index in [1.165, 1.54) is 11.3 Å². The van der Waals surface area contributed by atoms with Gasteiger partial charge in [-0.1, -0.05) is 47.2 Å². The summed E-state index contributed by atoms with van der Waals surface area (Å²) in [6.07, 6.45) is 0. The van der Waals surface area contributed by atoms with Crippen LogP contribution < -0.4 is 5.32 Å². The summed E-state index contributed by atoms with van der Waals surface area (Å²) in [6.45, 7) is 0. The molecule has 2 aromatic carbocycles. The van der Waals surface area contributed by atoms with Crippen molar-refractivity contribution in [3.05, 3.63) is 70.2 Å². The average Bonchev–Trinajstić information content (AvgIpc) is 3.00. The number of phenols is 1. The molecule has 0 radical (unpaired) electrons. The predicted octanol–water partition coefficient (Wildman–Crippen LogP) is 4.10. The normalized spacial score (nSPS) is 12.0. The van der Waals surface area contributed by atoms with Gasteiger partial charge in [-0.3, -0.25) is 0 Å². The van der Waals surface area contributed by atoms with Gasteiger partial charge in [-0.15, -0.1) is 10.2 Å². The van der Waals surface area contributed by atoms with E-state index in [0.717, 1.165) is 16.3 Å². The number of nitrogens with zero attached hydrogens (tertiary/aromatic N) is 2. The third-order valence-electron chi connectivity index (χ3n) is 3.06. The van der Waals surface area contributed by atoms with Crippen molar-refractivity contribution in [3.63, 3.8) is 0 Å². The quantitative estimate of drug-likeness (QED) is 0.760. The highest BCUT2D eigenvalue weighted by atomic mass is 35.5. The van der Waals surface area contributed by atoms with Crippen LogP contribution in [0.3, 0.4) is 0 Å². The maximum absolute atomic E-state index is 9.44. The number of aromatic nitrogens is 2. The lowest BCUT2D eigenvalue weighted by Gasteiger charge is -2.19. The molecule has 0 aliphatic heterocycles. The predicted molar refractivity (Wildman–Crippen MR) is 84.9 cm³/mol. The van der Waals surface area contributed by atoms with Crippen molar-refractivity contribution in [2.75, 3.05) is 5.32 Å². The van der Waals surface area contributed by atoms with E-state index in [-0.39, 0.29) is 11.8 Å². The summed E-state index contributed by atoms with van der Waals surface area (Å²) in [5.74, 6) is 0.240. The van der Waals surface area contributed by atoms with Crippen LogP contribution in [0.4, 0.5) is 5.13 Å². The van der Waals surface area contributed by atoms with Crippen LogP contribution in [-0.4, -0.2) is 15.3 Å². The first-order chi connectivity index (χ1) is 10.2. The molecular weight excluding hydrogens is 306 g/mol. The van der Waals surface area contributed by atoms with Crippen molar-refractivity contribution < 1.29 is 5.11 Å². The Balaban J connectivity index is 1.97. The molecule has 2 N–H and O–H groups in total. The molecule has 0 bridgehead atoms. The first kappa shape index (κ1) is 13.9. The van der Waals surface area contributed by atoms with E-state index in [2.05, 4.69) is 15.5 Å². The fraction of sp³-hybridized carbons (Fsp3) is 0.0667.